The van der Waals surface area contributed by atoms with Crippen molar-refractivity contribution in [3.8, 4) is 0 Å². The van der Waals surface area contributed by atoms with E-state index in [1.807, 2.05) is 0 Å². The van der Waals surface area contributed by atoms with Crippen molar-refractivity contribution in [2.45, 2.75) is 5.66 Å². The molecule has 28 heavy (non-hydrogen) atoms. The third-order valence-electron chi connectivity index (χ3n) is 3.83. The average molecular weight is 477 g/mol. The topological polar surface area (TPSA) is 86.6 Å². The molecule has 146 valence electrons. The van der Waals surface area contributed by atoms with Crippen molar-refractivity contribution in [3.63, 3.8) is 0 Å². The lowest BCUT2D eigenvalue weighted by Gasteiger charge is -2.16. The van der Waals surface area contributed by atoms with Crippen LogP contribution in [0.25, 0.3) is 16.2 Å². The van der Waals surface area contributed by atoms with E-state index < -0.39 is 19.2 Å². The monoisotopic (exact) mass is 475 g/mol. The number of rotatable bonds is 5. The summed E-state index contributed by atoms with van der Waals surface area (Å²) < 4.78 is 12.8. The summed E-state index contributed by atoms with van der Waals surface area (Å²) in [7, 11) is -4.79. The van der Waals surface area contributed by atoms with Crippen LogP contribution in [0.2, 0.25) is 15.1 Å². The second-order valence-electron chi connectivity index (χ2n) is 5.87. The number of hydrogen-bond donors (Lipinski definition) is 3. The summed E-state index contributed by atoms with van der Waals surface area (Å²) >= 11 is 19.1. The number of benzene rings is 2. The molecule has 0 aliphatic heterocycles. The highest BCUT2D eigenvalue weighted by atomic mass is 35.5. The third-order valence-corrected chi connectivity index (χ3v) is 6.67. The second kappa shape index (κ2) is 8.56. The van der Waals surface area contributed by atoms with Crippen LogP contribution >= 0.6 is 53.7 Å². The van der Waals surface area contributed by atoms with Gasteiger partial charge in [0.2, 0.25) is 5.91 Å². The normalized spacial score (nSPS) is 13.2. The van der Waals surface area contributed by atoms with Crippen LogP contribution in [-0.2, 0) is 9.36 Å². The molecule has 10 heteroatoms. The number of hydrogen-bond acceptors (Lipinski definition) is 3. The van der Waals surface area contributed by atoms with Crippen LogP contribution in [0.1, 0.15) is 16.8 Å². The van der Waals surface area contributed by atoms with E-state index in [1.54, 1.807) is 41.8 Å². The van der Waals surface area contributed by atoms with Crippen molar-refractivity contribution in [1.82, 2.24) is 5.32 Å². The van der Waals surface area contributed by atoms with Crippen LogP contribution in [0.4, 0.5) is 0 Å². The van der Waals surface area contributed by atoms with Crippen LogP contribution in [0, 0.1) is 0 Å². The Morgan fingerprint density at radius 3 is 2.39 bits per heavy atom. The fourth-order valence-electron chi connectivity index (χ4n) is 2.68. The molecule has 5 nitrogen and oxygen atoms in total. The van der Waals surface area contributed by atoms with E-state index in [2.05, 4.69) is 5.32 Å². The molecule has 0 saturated carbocycles. The summed E-state index contributed by atoms with van der Waals surface area (Å²) in [6.45, 7) is 0. The van der Waals surface area contributed by atoms with E-state index >= 15 is 0 Å². The first kappa shape index (κ1) is 21.3. The van der Waals surface area contributed by atoms with E-state index in [1.165, 1.54) is 23.6 Å². The van der Waals surface area contributed by atoms with Gasteiger partial charge in [-0.25, -0.2) is 0 Å². The zero-order chi connectivity index (χ0) is 20.5. The van der Waals surface area contributed by atoms with Crippen molar-refractivity contribution in [1.29, 1.82) is 0 Å². The fourth-order valence-corrected chi connectivity index (χ4v) is 5.42. The molecule has 3 aromatic rings. The molecule has 0 bridgehead atoms. The number of thiophene rings is 1. The molecule has 2 aromatic carbocycles. The molecule has 0 aliphatic carbocycles. The molecular weight excluding hydrogens is 464 g/mol. The smallest absolute Gasteiger partial charge is 0.332 e. The molecule has 0 saturated heterocycles. The van der Waals surface area contributed by atoms with Crippen molar-refractivity contribution in [2.75, 3.05) is 0 Å². The van der Waals surface area contributed by atoms with E-state index in [-0.39, 0.29) is 5.56 Å². The number of fused-ring (bicyclic) bond motifs is 1. The lowest BCUT2D eigenvalue weighted by Crippen LogP contribution is -2.25. The first-order chi connectivity index (χ1) is 13.1. The highest BCUT2D eigenvalue weighted by molar-refractivity contribution is 7.53. The lowest BCUT2D eigenvalue weighted by atomic mass is 10.1. The van der Waals surface area contributed by atoms with E-state index in [9.17, 15) is 19.1 Å². The van der Waals surface area contributed by atoms with Gasteiger partial charge in [0.15, 0.2) is 5.66 Å². The predicted octanol–water partition coefficient (Wildman–Crippen LogP) is 5.87. The van der Waals surface area contributed by atoms with Gasteiger partial charge in [0.1, 0.15) is 0 Å². The van der Waals surface area contributed by atoms with E-state index in [0.717, 1.165) is 4.70 Å². The highest BCUT2D eigenvalue weighted by Gasteiger charge is 2.38. The quantitative estimate of drug-likeness (QED) is 0.402. The standard InChI is InChI=1S/C18H13Cl3NO4PS/c19-11-1-2-16-14(8-11)15(9-28-16)17(27(24,25)26)18(23)22-4-3-10-5-12(20)7-13(21)6-10/h1-9,17H,(H,22,23)(H2,24,25,26)/b4-3-/t17-/m0/s1. The molecule has 0 radical (unpaired) electrons. The summed E-state index contributed by atoms with van der Waals surface area (Å²) in [5.41, 5.74) is -0.807. The molecule has 1 heterocycles. The van der Waals surface area contributed by atoms with Gasteiger partial charge in [-0.2, -0.15) is 0 Å². The van der Waals surface area contributed by atoms with Gasteiger partial charge in [-0.1, -0.05) is 34.8 Å². The third kappa shape index (κ3) is 4.97. The summed E-state index contributed by atoms with van der Waals surface area (Å²) in [6, 6.07) is 9.83. The van der Waals surface area contributed by atoms with E-state index in [4.69, 9.17) is 34.8 Å². The lowest BCUT2D eigenvalue weighted by molar-refractivity contribution is -0.120. The Balaban J connectivity index is 1.89. The van der Waals surface area contributed by atoms with Crippen molar-refractivity contribution in [2.24, 2.45) is 0 Å². The maximum Gasteiger partial charge on any atom is 0.342 e. The zero-order valence-corrected chi connectivity index (χ0v) is 18.0. The molecular formula is C18H13Cl3NO4PS. The van der Waals surface area contributed by atoms with E-state index in [0.29, 0.717) is 26.0 Å². The Morgan fingerprint density at radius 1 is 1.07 bits per heavy atom. The number of carbonyl (C=O) groups is 1. The molecule has 3 rings (SSSR count). The highest BCUT2D eigenvalue weighted by Crippen LogP contribution is 2.54. The summed E-state index contributed by atoms with van der Waals surface area (Å²) in [6.07, 6.45) is 2.81. The predicted molar refractivity (Wildman–Crippen MR) is 115 cm³/mol. The largest absolute Gasteiger partial charge is 0.342 e. The van der Waals surface area contributed by atoms with Gasteiger partial charge in [-0.3, -0.25) is 9.36 Å². The van der Waals surface area contributed by atoms with Gasteiger partial charge < -0.3 is 15.1 Å². The molecule has 1 aromatic heterocycles. The Kier molecular flexibility index (Phi) is 6.52. The minimum Gasteiger partial charge on any atom is -0.332 e. The van der Waals surface area contributed by atoms with Crippen LogP contribution < -0.4 is 5.32 Å². The maximum absolute atomic E-state index is 12.6. The Labute approximate surface area is 179 Å². The van der Waals surface area contributed by atoms with Gasteiger partial charge in [0.05, 0.1) is 0 Å². The molecule has 0 fully saturated rings. The molecule has 3 N–H and O–H groups in total. The summed E-state index contributed by atoms with van der Waals surface area (Å²) in [5.74, 6) is -0.836. The molecule has 0 aliphatic rings. The van der Waals surface area contributed by atoms with Crippen LogP contribution in [-0.4, -0.2) is 15.7 Å². The minimum absolute atomic E-state index is 0.229. The summed E-state index contributed by atoms with van der Waals surface area (Å²) in [4.78, 5) is 32.2. The Bertz CT molecular complexity index is 1100. The van der Waals surface area contributed by atoms with Gasteiger partial charge in [-0.15, -0.1) is 11.3 Å². The van der Waals surface area contributed by atoms with Crippen LogP contribution in [0.5, 0.6) is 0 Å². The average Bonchev–Trinajstić information content (AvgIpc) is 2.95. The SMILES string of the molecule is O=C(N/C=C\c1cc(Cl)cc(Cl)c1)[C@H](c1csc2ccc(Cl)cc12)P(=O)(O)O. The second-order valence-corrected chi connectivity index (χ2v) is 9.78. The molecule has 1 amide bonds. The Hall–Kier alpha value is -1.37. The van der Waals surface area contributed by atoms with Crippen LogP contribution in [0.3, 0.4) is 0 Å². The van der Waals surface area contributed by atoms with Crippen molar-refractivity contribution in [3.05, 3.63) is 74.2 Å². The van der Waals surface area contributed by atoms with Crippen LogP contribution in [0.15, 0.2) is 48.0 Å². The van der Waals surface area contributed by atoms with Gasteiger partial charge in [-0.05, 0) is 64.4 Å². The van der Waals surface area contributed by atoms with Gasteiger partial charge in [0.25, 0.3) is 0 Å². The first-order valence-corrected chi connectivity index (χ1v) is 11.5. The minimum atomic E-state index is -4.79. The number of amides is 1. The first-order valence-electron chi connectivity index (χ1n) is 7.80. The fraction of sp³-hybridized carbons (Fsp3) is 0.0556. The molecule has 0 unspecified atom stereocenters. The van der Waals surface area contributed by atoms with Gasteiger partial charge in [0, 0.05) is 26.0 Å². The number of halogens is 3. The number of nitrogens with one attached hydrogen (secondary N) is 1. The summed E-state index contributed by atoms with van der Waals surface area (Å²) in [5, 5.41) is 5.77. The van der Waals surface area contributed by atoms with Gasteiger partial charge >= 0.3 is 7.60 Å². The van der Waals surface area contributed by atoms with Crippen molar-refractivity contribution < 1.29 is 19.1 Å². The molecule has 1 atom stereocenters. The number of carbonyl (C=O) groups excluding carboxylic acids is 1. The van der Waals surface area contributed by atoms with Crippen molar-refractivity contribution >= 4 is 75.8 Å². The maximum atomic E-state index is 12.6. The molecule has 0 spiro atoms. The Morgan fingerprint density at radius 2 is 1.75 bits per heavy atom. The zero-order valence-electron chi connectivity index (χ0n) is 14.0.